The van der Waals surface area contributed by atoms with Crippen LogP contribution in [0, 0.1) is 6.92 Å². The van der Waals surface area contributed by atoms with E-state index < -0.39 is 0 Å². The van der Waals surface area contributed by atoms with E-state index in [0.717, 1.165) is 33.4 Å². The Kier molecular flexibility index (Phi) is 5.14. The van der Waals surface area contributed by atoms with E-state index in [2.05, 4.69) is 0 Å². The molecule has 0 bridgehead atoms. The van der Waals surface area contributed by atoms with Crippen LogP contribution in [0.1, 0.15) is 16.7 Å². The molecule has 0 fully saturated rings. The van der Waals surface area contributed by atoms with Gasteiger partial charge in [0, 0.05) is 27.6 Å². The van der Waals surface area contributed by atoms with Gasteiger partial charge in [0.25, 0.3) is 0 Å². The molecule has 0 amide bonds. The molecular formula is C25H19ClO5. The predicted molar refractivity (Wildman–Crippen MR) is 119 cm³/mol. The van der Waals surface area contributed by atoms with Crippen LogP contribution in [0.3, 0.4) is 0 Å². The molecule has 0 aliphatic carbocycles. The first kappa shape index (κ1) is 19.7. The molecule has 0 radical (unpaired) electrons. The van der Waals surface area contributed by atoms with Crippen molar-refractivity contribution in [2.24, 2.45) is 0 Å². The van der Waals surface area contributed by atoms with Gasteiger partial charge in [0.05, 0.1) is 12.2 Å². The fraction of sp³-hybridized carbons (Fsp3) is 0.160. The molecule has 0 spiro atoms. The van der Waals surface area contributed by atoms with Crippen LogP contribution in [0.5, 0.6) is 11.5 Å². The van der Waals surface area contributed by atoms with Crippen LogP contribution in [0.4, 0.5) is 0 Å². The monoisotopic (exact) mass is 434 g/mol. The van der Waals surface area contributed by atoms with E-state index in [1.165, 1.54) is 0 Å². The van der Waals surface area contributed by atoms with Crippen molar-refractivity contribution in [3.05, 3.63) is 92.8 Å². The van der Waals surface area contributed by atoms with Crippen LogP contribution in [0.25, 0.3) is 22.1 Å². The first-order valence-corrected chi connectivity index (χ1v) is 10.3. The van der Waals surface area contributed by atoms with E-state index in [9.17, 15) is 4.79 Å². The zero-order valence-corrected chi connectivity index (χ0v) is 17.6. The van der Waals surface area contributed by atoms with Crippen molar-refractivity contribution in [1.29, 1.82) is 0 Å². The Bertz CT molecular complexity index is 1330. The summed E-state index contributed by atoms with van der Waals surface area (Å²) in [6.45, 7) is 2.85. The minimum Gasteiger partial charge on any atom is -0.489 e. The van der Waals surface area contributed by atoms with E-state index in [1.807, 2.05) is 61.5 Å². The smallest absolute Gasteiger partial charge is 0.344 e. The van der Waals surface area contributed by atoms with E-state index in [1.54, 1.807) is 6.07 Å². The third-order valence-electron chi connectivity index (χ3n) is 5.35. The Morgan fingerprint density at radius 2 is 1.90 bits per heavy atom. The van der Waals surface area contributed by atoms with Gasteiger partial charge in [-0.15, -0.1) is 0 Å². The summed E-state index contributed by atoms with van der Waals surface area (Å²) < 4.78 is 22.6. The summed E-state index contributed by atoms with van der Waals surface area (Å²) in [5.74, 6) is 1.33. The number of hydrogen-bond acceptors (Lipinski definition) is 5. The molecular weight excluding hydrogens is 416 g/mol. The average molecular weight is 435 g/mol. The molecule has 2 heterocycles. The summed E-state index contributed by atoms with van der Waals surface area (Å²) in [5, 5.41) is 1.46. The number of halogens is 1. The van der Waals surface area contributed by atoms with Crippen molar-refractivity contribution in [3.8, 4) is 22.6 Å². The van der Waals surface area contributed by atoms with Gasteiger partial charge in [0.2, 0.25) is 0 Å². The van der Waals surface area contributed by atoms with Crippen LogP contribution < -0.4 is 15.1 Å². The summed E-state index contributed by atoms with van der Waals surface area (Å²) in [5.41, 5.74) is 4.13. The van der Waals surface area contributed by atoms with E-state index in [4.69, 9.17) is 30.2 Å². The summed E-state index contributed by atoms with van der Waals surface area (Å²) in [6.07, 6.45) is 0. The second-order valence-corrected chi connectivity index (χ2v) is 7.80. The Morgan fingerprint density at radius 1 is 1.06 bits per heavy atom. The fourth-order valence-corrected chi connectivity index (χ4v) is 4.15. The van der Waals surface area contributed by atoms with Gasteiger partial charge in [-0.05, 0) is 42.3 Å². The third kappa shape index (κ3) is 3.78. The topological polar surface area (TPSA) is 57.9 Å². The molecule has 31 heavy (non-hydrogen) atoms. The van der Waals surface area contributed by atoms with Crippen LogP contribution in [0.2, 0.25) is 5.02 Å². The SMILES string of the molecule is Cc1c(-c2ccccc2)c(=O)oc2cc(OCc3cc(Cl)cc4c3OCOC4)ccc12. The number of fused-ring (bicyclic) bond motifs is 2. The highest BCUT2D eigenvalue weighted by atomic mass is 35.5. The second-order valence-electron chi connectivity index (χ2n) is 7.37. The summed E-state index contributed by atoms with van der Waals surface area (Å²) in [7, 11) is 0. The lowest BCUT2D eigenvalue weighted by molar-refractivity contribution is -0.0175. The van der Waals surface area contributed by atoms with Crippen LogP contribution in [-0.2, 0) is 18.0 Å². The molecule has 5 nitrogen and oxygen atoms in total. The Hall–Kier alpha value is -3.28. The van der Waals surface area contributed by atoms with Gasteiger partial charge in [-0.1, -0.05) is 41.9 Å². The van der Waals surface area contributed by atoms with Crippen LogP contribution in [0.15, 0.2) is 69.9 Å². The number of ether oxygens (including phenoxy) is 3. The van der Waals surface area contributed by atoms with Gasteiger partial charge in [0.1, 0.15) is 23.7 Å². The van der Waals surface area contributed by atoms with E-state index in [-0.39, 0.29) is 19.0 Å². The lowest BCUT2D eigenvalue weighted by Gasteiger charge is -2.21. The zero-order chi connectivity index (χ0) is 21.4. The molecule has 156 valence electrons. The number of aryl methyl sites for hydroxylation is 1. The van der Waals surface area contributed by atoms with E-state index in [0.29, 0.717) is 28.5 Å². The summed E-state index contributed by atoms with van der Waals surface area (Å²) in [6, 6.07) is 18.7. The maximum atomic E-state index is 12.7. The standard InChI is InChI=1S/C25H19ClO5/c1-15-21-8-7-20(11-22(21)31-25(27)23(15)16-5-3-2-4-6-16)29-13-18-10-19(26)9-17-12-28-14-30-24(17)18/h2-11H,12-14H2,1H3. The van der Waals surface area contributed by atoms with E-state index >= 15 is 0 Å². The molecule has 1 aliphatic heterocycles. The van der Waals surface area contributed by atoms with Gasteiger partial charge in [-0.25, -0.2) is 4.79 Å². The highest BCUT2D eigenvalue weighted by Crippen LogP contribution is 2.33. The third-order valence-corrected chi connectivity index (χ3v) is 5.57. The van der Waals surface area contributed by atoms with Crippen molar-refractivity contribution in [2.75, 3.05) is 6.79 Å². The number of hydrogen-bond donors (Lipinski definition) is 0. The molecule has 4 aromatic rings. The summed E-state index contributed by atoms with van der Waals surface area (Å²) >= 11 is 6.23. The minimum atomic E-state index is -0.370. The largest absolute Gasteiger partial charge is 0.489 e. The molecule has 6 heteroatoms. The lowest BCUT2D eigenvalue weighted by atomic mass is 10.00. The van der Waals surface area contributed by atoms with Gasteiger partial charge in [-0.3, -0.25) is 0 Å². The van der Waals surface area contributed by atoms with Crippen molar-refractivity contribution in [2.45, 2.75) is 20.1 Å². The Balaban J connectivity index is 1.46. The van der Waals surface area contributed by atoms with Gasteiger partial charge in [0.15, 0.2) is 6.79 Å². The maximum Gasteiger partial charge on any atom is 0.344 e. The zero-order valence-electron chi connectivity index (χ0n) is 16.8. The van der Waals surface area contributed by atoms with Gasteiger partial charge in [-0.2, -0.15) is 0 Å². The van der Waals surface area contributed by atoms with Crippen molar-refractivity contribution in [3.63, 3.8) is 0 Å². The van der Waals surface area contributed by atoms with Crippen molar-refractivity contribution < 1.29 is 18.6 Å². The summed E-state index contributed by atoms with van der Waals surface area (Å²) in [4.78, 5) is 12.7. The quantitative estimate of drug-likeness (QED) is 0.376. The fourth-order valence-electron chi connectivity index (χ4n) is 3.89. The molecule has 0 atom stereocenters. The molecule has 0 N–H and O–H groups in total. The molecule has 5 rings (SSSR count). The average Bonchev–Trinajstić information content (AvgIpc) is 2.78. The van der Waals surface area contributed by atoms with Crippen molar-refractivity contribution >= 4 is 22.6 Å². The minimum absolute atomic E-state index is 0.200. The Labute approximate surface area is 183 Å². The van der Waals surface area contributed by atoms with Crippen molar-refractivity contribution in [1.82, 2.24) is 0 Å². The highest BCUT2D eigenvalue weighted by molar-refractivity contribution is 6.30. The van der Waals surface area contributed by atoms with Crippen LogP contribution in [-0.4, -0.2) is 6.79 Å². The molecule has 1 aliphatic rings. The number of benzene rings is 3. The number of rotatable bonds is 4. The highest BCUT2D eigenvalue weighted by Gasteiger charge is 2.18. The van der Waals surface area contributed by atoms with Gasteiger partial charge < -0.3 is 18.6 Å². The Morgan fingerprint density at radius 3 is 2.74 bits per heavy atom. The predicted octanol–water partition coefficient (Wildman–Crippen LogP) is 5.87. The molecule has 3 aromatic carbocycles. The lowest BCUT2D eigenvalue weighted by Crippen LogP contribution is -2.14. The first-order valence-electron chi connectivity index (χ1n) is 9.87. The van der Waals surface area contributed by atoms with Gasteiger partial charge >= 0.3 is 5.63 Å². The second kappa shape index (κ2) is 8.10. The molecule has 0 unspecified atom stereocenters. The maximum absolute atomic E-state index is 12.7. The first-order chi connectivity index (χ1) is 15.1. The van der Waals surface area contributed by atoms with Crippen LogP contribution >= 0.6 is 11.6 Å². The molecule has 1 aromatic heterocycles. The molecule has 0 saturated heterocycles. The normalized spacial score (nSPS) is 13.0. The molecule has 0 saturated carbocycles.